The van der Waals surface area contributed by atoms with Crippen LogP contribution in [-0.2, 0) is 9.59 Å². The van der Waals surface area contributed by atoms with Gasteiger partial charge >= 0.3 is 6.03 Å². The van der Waals surface area contributed by atoms with E-state index in [1.165, 1.54) is 7.05 Å². The summed E-state index contributed by atoms with van der Waals surface area (Å²) in [5.74, 6) is -0.473. The molecule has 7 nitrogen and oxygen atoms in total. The van der Waals surface area contributed by atoms with E-state index in [-0.39, 0.29) is 19.0 Å². The summed E-state index contributed by atoms with van der Waals surface area (Å²) in [6.07, 6.45) is 0. The molecule has 0 heterocycles. The molecule has 18 heavy (non-hydrogen) atoms. The maximum Gasteiger partial charge on any atom is 0.321 e. The molecule has 0 radical (unpaired) electrons. The van der Waals surface area contributed by atoms with Gasteiger partial charge < -0.3 is 10.2 Å². The van der Waals surface area contributed by atoms with Crippen LogP contribution in [0.4, 0.5) is 4.79 Å². The van der Waals surface area contributed by atoms with Gasteiger partial charge in [0.1, 0.15) is 0 Å². The van der Waals surface area contributed by atoms with Crippen LogP contribution < -0.4 is 10.6 Å². The zero-order valence-electron chi connectivity index (χ0n) is 11.4. The molecule has 0 unspecified atom stereocenters. The van der Waals surface area contributed by atoms with Gasteiger partial charge in [-0.1, -0.05) is 0 Å². The summed E-state index contributed by atoms with van der Waals surface area (Å²) >= 11 is 0. The van der Waals surface area contributed by atoms with Gasteiger partial charge in [-0.2, -0.15) is 0 Å². The number of carbonyl (C=O) groups is 3. The topological polar surface area (TPSA) is 81.8 Å². The average molecular weight is 258 g/mol. The molecule has 0 aromatic carbocycles. The van der Waals surface area contributed by atoms with E-state index < -0.39 is 11.9 Å². The summed E-state index contributed by atoms with van der Waals surface area (Å²) in [6, 6.07) is -0.552. The fraction of sp³-hybridized carbons (Fsp3) is 0.727. The number of imide groups is 1. The Morgan fingerprint density at radius 2 is 1.61 bits per heavy atom. The third-order valence-corrected chi connectivity index (χ3v) is 2.41. The molecule has 7 heteroatoms. The molecule has 0 saturated carbocycles. The van der Waals surface area contributed by atoms with E-state index in [1.54, 1.807) is 16.8 Å². The Morgan fingerprint density at radius 1 is 1.06 bits per heavy atom. The van der Waals surface area contributed by atoms with Gasteiger partial charge in [0.15, 0.2) is 0 Å². The summed E-state index contributed by atoms with van der Waals surface area (Å²) in [5, 5.41) is 4.42. The number of rotatable bonds is 6. The Kier molecular flexibility index (Phi) is 7.69. The molecule has 104 valence electrons. The molecule has 0 spiro atoms. The van der Waals surface area contributed by atoms with Gasteiger partial charge in [0.25, 0.3) is 0 Å². The number of likely N-dealkylation sites (N-methyl/N-ethyl adjacent to an activating group) is 2. The number of hydrogen-bond donors (Lipinski definition) is 2. The molecule has 0 bridgehead atoms. The number of nitrogens with one attached hydrogen (secondary N) is 2. The second-order valence-electron chi connectivity index (χ2n) is 3.87. The summed E-state index contributed by atoms with van der Waals surface area (Å²) in [5.41, 5.74) is 0. The van der Waals surface area contributed by atoms with Crippen LogP contribution in [0.15, 0.2) is 0 Å². The van der Waals surface area contributed by atoms with Gasteiger partial charge in [-0.25, -0.2) is 4.79 Å². The molecule has 0 saturated heterocycles. The van der Waals surface area contributed by atoms with E-state index in [0.29, 0.717) is 13.1 Å². The Balaban J connectivity index is 4.10. The maximum atomic E-state index is 11.7. The first kappa shape index (κ1) is 16.4. The Labute approximate surface area is 107 Å². The van der Waals surface area contributed by atoms with Crippen molar-refractivity contribution in [2.45, 2.75) is 13.8 Å². The second-order valence-corrected chi connectivity index (χ2v) is 3.87. The summed E-state index contributed by atoms with van der Waals surface area (Å²) < 4.78 is 0. The van der Waals surface area contributed by atoms with Gasteiger partial charge in [0.2, 0.25) is 11.8 Å². The van der Waals surface area contributed by atoms with Crippen molar-refractivity contribution in [1.29, 1.82) is 0 Å². The predicted octanol–water partition coefficient (Wildman–Crippen LogP) is -0.758. The first-order chi connectivity index (χ1) is 8.44. The van der Waals surface area contributed by atoms with Crippen molar-refractivity contribution >= 4 is 17.8 Å². The highest BCUT2D eigenvalue weighted by molar-refractivity contribution is 5.95. The van der Waals surface area contributed by atoms with Crippen molar-refractivity contribution in [3.8, 4) is 0 Å². The number of urea groups is 1. The highest BCUT2D eigenvalue weighted by atomic mass is 16.2. The molecular formula is C11H22N4O3. The van der Waals surface area contributed by atoms with Gasteiger partial charge in [0, 0.05) is 20.1 Å². The van der Waals surface area contributed by atoms with E-state index >= 15 is 0 Å². The maximum absolute atomic E-state index is 11.7. The molecule has 4 amide bonds. The van der Waals surface area contributed by atoms with E-state index in [1.807, 2.05) is 13.8 Å². The zero-order valence-corrected chi connectivity index (χ0v) is 11.4. The smallest absolute Gasteiger partial charge is 0.321 e. The third-order valence-electron chi connectivity index (χ3n) is 2.41. The lowest BCUT2D eigenvalue weighted by Gasteiger charge is -2.22. The number of amides is 4. The second kappa shape index (κ2) is 8.46. The molecule has 0 aromatic rings. The van der Waals surface area contributed by atoms with Crippen LogP contribution in [0.25, 0.3) is 0 Å². The molecule has 0 atom stereocenters. The Hall–Kier alpha value is -1.63. The van der Waals surface area contributed by atoms with Gasteiger partial charge in [-0.05, 0) is 20.9 Å². The van der Waals surface area contributed by atoms with Gasteiger partial charge in [0.05, 0.1) is 13.1 Å². The highest BCUT2D eigenvalue weighted by Crippen LogP contribution is 1.92. The largest absolute Gasteiger partial charge is 0.342 e. The van der Waals surface area contributed by atoms with Crippen molar-refractivity contribution in [2.24, 2.45) is 0 Å². The molecule has 0 aliphatic carbocycles. The molecule has 0 fully saturated rings. The number of hydrogen-bond acceptors (Lipinski definition) is 4. The number of nitrogens with zero attached hydrogens (tertiary/aromatic N) is 2. The first-order valence-electron chi connectivity index (χ1n) is 5.92. The van der Waals surface area contributed by atoms with Crippen LogP contribution in [0.3, 0.4) is 0 Å². The van der Waals surface area contributed by atoms with Crippen molar-refractivity contribution in [1.82, 2.24) is 20.4 Å². The third kappa shape index (κ3) is 6.19. The van der Waals surface area contributed by atoms with E-state index in [0.717, 1.165) is 0 Å². The minimum atomic E-state index is -0.552. The molecule has 0 aliphatic heterocycles. The molecule has 2 N–H and O–H groups in total. The van der Waals surface area contributed by atoms with Crippen molar-refractivity contribution in [3.63, 3.8) is 0 Å². The van der Waals surface area contributed by atoms with Crippen molar-refractivity contribution < 1.29 is 14.4 Å². The van der Waals surface area contributed by atoms with Crippen LogP contribution in [0, 0.1) is 0 Å². The number of carbonyl (C=O) groups excluding carboxylic acids is 3. The SMILES string of the molecule is CCN(CC)C(=O)CN(C)CC(=O)NC(=O)NC. The lowest BCUT2D eigenvalue weighted by Crippen LogP contribution is -2.45. The highest BCUT2D eigenvalue weighted by Gasteiger charge is 2.15. The van der Waals surface area contributed by atoms with Crippen LogP contribution in [0.2, 0.25) is 0 Å². The normalized spacial score (nSPS) is 10.1. The predicted molar refractivity (Wildman–Crippen MR) is 68.0 cm³/mol. The fourth-order valence-corrected chi connectivity index (χ4v) is 1.44. The molecule has 0 aliphatic rings. The van der Waals surface area contributed by atoms with E-state index in [4.69, 9.17) is 0 Å². The standard InChI is InChI=1S/C11H22N4O3/c1-5-15(6-2)10(17)8-14(4)7-9(16)13-11(18)12-3/h5-8H2,1-4H3,(H2,12,13,16,18). The molecule has 0 aromatic heterocycles. The van der Waals surface area contributed by atoms with Crippen LogP contribution in [-0.4, -0.2) is 67.9 Å². The van der Waals surface area contributed by atoms with Gasteiger partial charge in [-0.15, -0.1) is 0 Å². The van der Waals surface area contributed by atoms with Crippen molar-refractivity contribution in [3.05, 3.63) is 0 Å². The first-order valence-corrected chi connectivity index (χ1v) is 5.92. The quantitative estimate of drug-likeness (QED) is 0.656. The van der Waals surface area contributed by atoms with Gasteiger partial charge in [-0.3, -0.25) is 19.8 Å². The monoisotopic (exact) mass is 258 g/mol. The Morgan fingerprint density at radius 3 is 2.06 bits per heavy atom. The van der Waals surface area contributed by atoms with Crippen molar-refractivity contribution in [2.75, 3.05) is 40.3 Å². The average Bonchev–Trinajstić information content (AvgIpc) is 2.29. The van der Waals surface area contributed by atoms with E-state index in [2.05, 4.69) is 10.6 Å². The van der Waals surface area contributed by atoms with Crippen LogP contribution >= 0.6 is 0 Å². The van der Waals surface area contributed by atoms with Crippen LogP contribution in [0.5, 0.6) is 0 Å². The lowest BCUT2D eigenvalue weighted by atomic mass is 10.4. The molecular weight excluding hydrogens is 236 g/mol. The van der Waals surface area contributed by atoms with E-state index in [9.17, 15) is 14.4 Å². The lowest BCUT2D eigenvalue weighted by molar-refractivity contribution is -0.132. The van der Waals surface area contributed by atoms with Crippen LogP contribution in [0.1, 0.15) is 13.8 Å². The minimum absolute atomic E-state index is 0.000425. The zero-order chi connectivity index (χ0) is 14.1. The fourth-order valence-electron chi connectivity index (χ4n) is 1.44. The summed E-state index contributed by atoms with van der Waals surface area (Å²) in [6.45, 7) is 5.25. The Bertz CT molecular complexity index is 303. The summed E-state index contributed by atoms with van der Waals surface area (Å²) in [7, 11) is 3.08. The summed E-state index contributed by atoms with van der Waals surface area (Å²) in [4.78, 5) is 37.3. The molecule has 0 rings (SSSR count). The minimum Gasteiger partial charge on any atom is -0.342 e.